The van der Waals surface area contributed by atoms with Crippen molar-refractivity contribution in [3.8, 4) is 0 Å². The molecular weight excluding hydrogens is 247 g/mol. The molecule has 0 radical (unpaired) electrons. The number of rotatable bonds is 3. The van der Waals surface area contributed by atoms with Crippen molar-refractivity contribution < 1.29 is 9.18 Å². The highest BCUT2D eigenvalue weighted by Gasteiger charge is 2.08. The number of anilines is 1. The number of hydrogen-bond acceptors (Lipinski definition) is 3. The van der Waals surface area contributed by atoms with E-state index in [0.717, 1.165) is 6.07 Å². The van der Waals surface area contributed by atoms with E-state index in [9.17, 15) is 9.18 Å². The van der Waals surface area contributed by atoms with Gasteiger partial charge in [-0.2, -0.15) is 5.10 Å². The Morgan fingerprint density at radius 2 is 2.35 bits per heavy atom. The Morgan fingerprint density at radius 1 is 1.53 bits per heavy atom. The van der Waals surface area contributed by atoms with Crippen molar-refractivity contribution in [2.45, 2.75) is 6.54 Å². The lowest BCUT2D eigenvalue weighted by atomic mass is 10.3. The van der Waals surface area contributed by atoms with Crippen LogP contribution >= 0.6 is 11.6 Å². The van der Waals surface area contributed by atoms with E-state index in [2.05, 4.69) is 15.4 Å². The second kappa shape index (κ2) is 4.92. The molecule has 0 aliphatic rings. The van der Waals surface area contributed by atoms with Gasteiger partial charge >= 0.3 is 0 Å². The highest BCUT2D eigenvalue weighted by molar-refractivity contribution is 6.30. The van der Waals surface area contributed by atoms with E-state index in [1.165, 1.54) is 29.5 Å². The molecule has 0 saturated carbocycles. The Labute approximate surface area is 101 Å². The summed E-state index contributed by atoms with van der Waals surface area (Å²) in [4.78, 5) is 15.2. The van der Waals surface area contributed by atoms with Gasteiger partial charge in [-0.05, 0) is 18.2 Å². The van der Waals surface area contributed by atoms with Gasteiger partial charge in [0.2, 0.25) is 5.91 Å². The zero-order valence-electron chi connectivity index (χ0n) is 8.60. The average molecular weight is 255 g/mol. The summed E-state index contributed by atoms with van der Waals surface area (Å²) in [7, 11) is 0. The average Bonchev–Trinajstić information content (AvgIpc) is 2.75. The van der Waals surface area contributed by atoms with E-state index in [0.29, 0.717) is 0 Å². The highest BCUT2D eigenvalue weighted by Crippen LogP contribution is 2.18. The molecule has 1 amide bonds. The maximum atomic E-state index is 13.4. The van der Waals surface area contributed by atoms with Gasteiger partial charge in [0, 0.05) is 5.02 Å². The molecule has 0 unspecified atom stereocenters. The van der Waals surface area contributed by atoms with Crippen molar-refractivity contribution in [1.82, 2.24) is 14.8 Å². The van der Waals surface area contributed by atoms with Crippen LogP contribution in [-0.2, 0) is 11.3 Å². The third-order valence-electron chi connectivity index (χ3n) is 1.98. The molecule has 5 nitrogen and oxygen atoms in total. The Balaban J connectivity index is 2.03. The number of aromatic nitrogens is 3. The third kappa shape index (κ3) is 3.01. The Hall–Kier alpha value is -1.95. The summed E-state index contributed by atoms with van der Waals surface area (Å²) in [6.07, 6.45) is 2.72. The van der Waals surface area contributed by atoms with Crippen LogP contribution < -0.4 is 5.32 Å². The first-order chi connectivity index (χ1) is 8.15. The zero-order valence-corrected chi connectivity index (χ0v) is 9.36. The van der Waals surface area contributed by atoms with E-state index >= 15 is 0 Å². The van der Waals surface area contributed by atoms with Crippen LogP contribution in [0.2, 0.25) is 5.02 Å². The number of halogens is 2. The largest absolute Gasteiger partial charge is 0.322 e. The van der Waals surface area contributed by atoms with E-state index in [4.69, 9.17) is 11.6 Å². The molecule has 1 aromatic heterocycles. The summed E-state index contributed by atoms with van der Waals surface area (Å²) >= 11 is 5.59. The summed E-state index contributed by atoms with van der Waals surface area (Å²) in [6, 6.07) is 4.03. The van der Waals surface area contributed by atoms with E-state index in [-0.39, 0.29) is 17.3 Å². The molecule has 0 atom stereocenters. The van der Waals surface area contributed by atoms with Crippen molar-refractivity contribution in [2.75, 3.05) is 5.32 Å². The number of nitrogens with zero attached hydrogens (tertiary/aromatic N) is 3. The lowest BCUT2D eigenvalue weighted by molar-refractivity contribution is -0.116. The number of nitrogens with one attached hydrogen (secondary N) is 1. The molecule has 1 aromatic carbocycles. The molecule has 0 spiro atoms. The summed E-state index contributed by atoms with van der Waals surface area (Å²) in [6.45, 7) is -0.0257. The maximum Gasteiger partial charge on any atom is 0.246 e. The smallest absolute Gasteiger partial charge is 0.246 e. The standard InChI is InChI=1S/C10H8ClFN4O/c11-7-1-2-9(8(12)3-7)15-10(17)4-16-6-13-5-14-16/h1-3,5-6H,4H2,(H,15,17). The third-order valence-corrected chi connectivity index (χ3v) is 2.21. The van der Waals surface area contributed by atoms with Crippen LogP contribution in [0, 0.1) is 5.82 Å². The summed E-state index contributed by atoms with van der Waals surface area (Å²) in [5, 5.41) is 6.45. The molecule has 0 fully saturated rings. The summed E-state index contributed by atoms with van der Waals surface area (Å²) < 4.78 is 14.7. The lowest BCUT2D eigenvalue weighted by Crippen LogP contribution is -2.19. The second-order valence-corrected chi connectivity index (χ2v) is 3.70. The molecule has 1 N–H and O–H groups in total. The predicted molar refractivity (Wildman–Crippen MR) is 60.1 cm³/mol. The molecule has 1 heterocycles. The SMILES string of the molecule is O=C(Cn1cncn1)Nc1ccc(Cl)cc1F. The van der Waals surface area contributed by atoms with Gasteiger partial charge in [0.25, 0.3) is 0 Å². The predicted octanol–water partition coefficient (Wildman–Crippen LogP) is 1.71. The highest BCUT2D eigenvalue weighted by atomic mass is 35.5. The topological polar surface area (TPSA) is 59.8 Å². The number of benzene rings is 1. The molecule has 2 aromatic rings. The number of carbonyl (C=O) groups is 1. The van der Waals surface area contributed by atoms with Gasteiger partial charge < -0.3 is 5.32 Å². The minimum absolute atomic E-state index is 0.0257. The van der Waals surface area contributed by atoms with Gasteiger partial charge in [-0.15, -0.1) is 0 Å². The summed E-state index contributed by atoms with van der Waals surface area (Å²) in [5.74, 6) is -0.971. The number of carbonyl (C=O) groups excluding carboxylic acids is 1. The Bertz CT molecular complexity index is 529. The van der Waals surface area contributed by atoms with E-state index < -0.39 is 11.7 Å². The Morgan fingerprint density at radius 3 is 3.00 bits per heavy atom. The molecule has 88 valence electrons. The van der Waals surface area contributed by atoms with Crippen molar-refractivity contribution >= 4 is 23.2 Å². The second-order valence-electron chi connectivity index (χ2n) is 3.27. The van der Waals surface area contributed by atoms with Crippen LogP contribution in [0.15, 0.2) is 30.9 Å². The minimum atomic E-state index is -0.579. The first-order valence-electron chi connectivity index (χ1n) is 4.72. The van der Waals surface area contributed by atoms with Gasteiger partial charge in [0.05, 0.1) is 5.69 Å². The molecule has 7 heteroatoms. The van der Waals surface area contributed by atoms with Gasteiger partial charge in [0.1, 0.15) is 25.0 Å². The van der Waals surface area contributed by atoms with Crippen LogP contribution in [0.3, 0.4) is 0 Å². The van der Waals surface area contributed by atoms with Crippen LogP contribution in [0.25, 0.3) is 0 Å². The fraction of sp³-hybridized carbons (Fsp3) is 0.100. The van der Waals surface area contributed by atoms with Crippen molar-refractivity contribution in [3.63, 3.8) is 0 Å². The molecule has 0 bridgehead atoms. The van der Waals surface area contributed by atoms with Crippen LogP contribution in [0.4, 0.5) is 10.1 Å². The maximum absolute atomic E-state index is 13.4. The van der Waals surface area contributed by atoms with Crippen molar-refractivity contribution in [1.29, 1.82) is 0 Å². The van der Waals surface area contributed by atoms with Gasteiger partial charge in [-0.1, -0.05) is 11.6 Å². The molecule has 0 aliphatic carbocycles. The monoisotopic (exact) mass is 254 g/mol. The first kappa shape index (κ1) is 11.5. The fourth-order valence-corrected chi connectivity index (χ4v) is 1.40. The normalized spacial score (nSPS) is 10.2. The molecular formula is C10H8ClFN4O. The van der Waals surface area contributed by atoms with Crippen molar-refractivity contribution in [3.05, 3.63) is 41.7 Å². The molecule has 0 aliphatic heterocycles. The minimum Gasteiger partial charge on any atom is -0.322 e. The quantitative estimate of drug-likeness (QED) is 0.907. The molecule has 0 saturated heterocycles. The zero-order chi connectivity index (χ0) is 12.3. The Kier molecular flexibility index (Phi) is 3.34. The van der Waals surface area contributed by atoms with Crippen LogP contribution in [0.5, 0.6) is 0 Å². The number of amides is 1. The lowest BCUT2D eigenvalue weighted by Gasteiger charge is -2.06. The molecule has 17 heavy (non-hydrogen) atoms. The van der Waals surface area contributed by atoms with E-state index in [1.54, 1.807) is 0 Å². The number of hydrogen-bond donors (Lipinski definition) is 1. The van der Waals surface area contributed by atoms with Crippen molar-refractivity contribution in [2.24, 2.45) is 0 Å². The van der Waals surface area contributed by atoms with E-state index in [1.807, 2.05) is 0 Å². The summed E-state index contributed by atoms with van der Waals surface area (Å²) in [5.41, 5.74) is 0.0829. The van der Waals surface area contributed by atoms with Gasteiger partial charge in [0.15, 0.2) is 0 Å². The van der Waals surface area contributed by atoms with Crippen LogP contribution in [-0.4, -0.2) is 20.7 Å². The molecule has 2 rings (SSSR count). The fourth-order valence-electron chi connectivity index (χ4n) is 1.24. The van der Waals surface area contributed by atoms with Crippen LogP contribution in [0.1, 0.15) is 0 Å². The van der Waals surface area contributed by atoms with Gasteiger partial charge in [-0.3, -0.25) is 4.79 Å². The first-order valence-corrected chi connectivity index (χ1v) is 5.10. The van der Waals surface area contributed by atoms with Gasteiger partial charge in [-0.25, -0.2) is 14.1 Å².